The first-order chi connectivity index (χ1) is 18.5. The minimum atomic E-state index is -0.334. The highest BCUT2D eigenvalue weighted by molar-refractivity contribution is 8.00. The lowest BCUT2D eigenvalue weighted by molar-refractivity contribution is -0.120. The van der Waals surface area contributed by atoms with Crippen LogP contribution in [-0.4, -0.2) is 27.3 Å². The zero-order valence-corrected chi connectivity index (χ0v) is 23.1. The monoisotopic (exact) mass is 525 g/mol. The Labute approximate surface area is 229 Å². The number of nitrogens with one attached hydrogen (secondary N) is 1. The van der Waals surface area contributed by atoms with Crippen LogP contribution >= 0.6 is 11.8 Å². The second kappa shape index (κ2) is 13.2. The average Bonchev–Trinajstić information content (AvgIpc) is 2.96. The normalized spacial score (nSPS) is 11.9. The maximum absolute atomic E-state index is 13.2. The number of amides is 1. The molecule has 1 atom stereocenters. The maximum atomic E-state index is 13.2. The van der Waals surface area contributed by atoms with E-state index in [-0.39, 0.29) is 22.6 Å². The van der Waals surface area contributed by atoms with Crippen LogP contribution in [-0.2, 0) is 18.3 Å². The van der Waals surface area contributed by atoms with Crippen LogP contribution in [0.15, 0.2) is 101 Å². The van der Waals surface area contributed by atoms with Gasteiger partial charge in [0, 0.05) is 37.2 Å². The highest BCUT2D eigenvalue weighted by atomic mass is 32.2. The molecule has 196 valence electrons. The number of carbonyl (C=O) groups excluding carboxylic acids is 1. The molecule has 4 rings (SSSR count). The van der Waals surface area contributed by atoms with E-state index in [9.17, 15) is 9.59 Å². The Bertz CT molecular complexity index is 1350. The van der Waals surface area contributed by atoms with Crippen molar-refractivity contribution >= 4 is 17.7 Å². The SMILES string of the molecule is CCC(Sc1nc(C)c(Cc2ccccc2)c(=O)n1C)C(=O)NCCC(c1ccccc1)c1ccccc1. The van der Waals surface area contributed by atoms with Crippen LogP contribution in [0.2, 0.25) is 0 Å². The standard InChI is InChI=1S/C32H35N3O2S/c1-4-29(38-32-34-23(2)28(31(37)35(32)3)22-24-14-8-5-9-15-24)30(36)33-21-20-27(25-16-10-6-11-17-25)26-18-12-7-13-19-26/h5-19,27,29H,4,20-22H2,1-3H3,(H,33,36). The van der Waals surface area contributed by atoms with Crippen molar-refractivity contribution in [3.63, 3.8) is 0 Å². The van der Waals surface area contributed by atoms with Crippen molar-refractivity contribution in [1.82, 2.24) is 14.9 Å². The third kappa shape index (κ3) is 6.81. The minimum absolute atomic E-state index is 0.0300. The van der Waals surface area contributed by atoms with E-state index in [0.717, 1.165) is 12.0 Å². The lowest BCUT2D eigenvalue weighted by Gasteiger charge is -2.20. The van der Waals surface area contributed by atoms with Crippen LogP contribution in [0.3, 0.4) is 0 Å². The minimum Gasteiger partial charge on any atom is -0.355 e. The quantitative estimate of drug-likeness (QED) is 0.196. The highest BCUT2D eigenvalue weighted by Gasteiger charge is 2.22. The van der Waals surface area contributed by atoms with Gasteiger partial charge in [-0.2, -0.15) is 0 Å². The van der Waals surface area contributed by atoms with Gasteiger partial charge in [-0.1, -0.05) is 110 Å². The first kappa shape index (κ1) is 27.4. The molecule has 0 radical (unpaired) electrons. The molecule has 1 heterocycles. The number of nitrogens with zero attached hydrogens (tertiary/aromatic N) is 2. The van der Waals surface area contributed by atoms with E-state index in [1.165, 1.54) is 22.9 Å². The summed E-state index contributed by atoms with van der Waals surface area (Å²) in [5, 5.41) is 3.38. The van der Waals surface area contributed by atoms with Gasteiger partial charge in [0.2, 0.25) is 5.91 Å². The summed E-state index contributed by atoms with van der Waals surface area (Å²) in [6.07, 6.45) is 1.97. The molecule has 0 aliphatic carbocycles. The second-order valence-corrected chi connectivity index (χ2v) is 10.6. The van der Waals surface area contributed by atoms with Crippen LogP contribution in [0, 0.1) is 6.92 Å². The van der Waals surface area contributed by atoms with E-state index < -0.39 is 0 Å². The largest absolute Gasteiger partial charge is 0.355 e. The Kier molecular flexibility index (Phi) is 9.55. The average molecular weight is 526 g/mol. The van der Waals surface area contributed by atoms with Crippen molar-refractivity contribution in [2.24, 2.45) is 7.05 Å². The van der Waals surface area contributed by atoms with Gasteiger partial charge in [0.25, 0.3) is 5.56 Å². The summed E-state index contributed by atoms with van der Waals surface area (Å²) in [5.74, 6) is 0.172. The van der Waals surface area contributed by atoms with E-state index in [1.54, 1.807) is 11.6 Å². The summed E-state index contributed by atoms with van der Waals surface area (Å²) in [4.78, 5) is 31.1. The van der Waals surface area contributed by atoms with Gasteiger partial charge in [-0.05, 0) is 36.5 Å². The van der Waals surface area contributed by atoms with Gasteiger partial charge in [0.15, 0.2) is 5.16 Å². The second-order valence-electron chi connectivity index (χ2n) is 9.45. The van der Waals surface area contributed by atoms with Crippen LogP contribution < -0.4 is 10.9 Å². The molecule has 1 aromatic heterocycles. The maximum Gasteiger partial charge on any atom is 0.257 e. The number of thioether (sulfide) groups is 1. The van der Waals surface area contributed by atoms with Crippen molar-refractivity contribution in [3.8, 4) is 0 Å². The number of benzene rings is 3. The Hall–Kier alpha value is -3.64. The molecule has 0 saturated carbocycles. The van der Waals surface area contributed by atoms with E-state index in [4.69, 9.17) is 4.98 Å². The van der Waals surface area contributed by atoms with Gasteiger partial charge in [-0.15, -0.1) is 0 Å². The molecule has 0 fully saturated rings. The lowest BCUT2D eigenvalue weighted by atomic mass is 9.88. The fourth-order valence-corrected chi connectivity index (χ4v) is 5.68. The Morgan fingerprint density at radius 1 is 0.921 bits per heavy atom. The molecule has 1 N–H and O–H groups in total. The number of aryl methyl sites for hydroxylation is 1. The number of carbonyl (C=O) groups is 1. The summed E-state index contributed by atoms with van der Waals surface area (Å²) in [6, 6.07) is 30.7. The molecule has 5 nitrogen and oxygen atoms in total. The van der Waals surface area contributed by atoms with Crippen molar-refractivity contribution < 1.29 is 4.79 Å². The summed E-state index contributed by atoms with van der Waals surface area (Å²) in [7, 11) is 1.74. The number of aromatic nitrogens is 2. The van der Waals surface area contributed by atoms with Crippen LogP contribution in [0.5, 0.6) is 0 Å². The Balaban J connectivity index is 1.43. The van der Waals surface area contributed by atoms with Crippen molar-refractivity contribution in [2.75, 3.05) is 6.54 Å². The molecule has 1 unspecified atom stereocenters. The topological polar surface area (TPSA) is 64.0 Å². The fraction of sp³-hybridized carbons (Fsp3) is 0.281. The van der Waals surface area contributed by atoms with Crippen molar-refractivity contribution in [1.29, 1.82) is 0 Å². The summed E-state index contributed by atoms with van der Waals surface area (Å²) >= 11 is 1.36. The third-order valence-electron chi connectivity index (χ3n) is 6.82. The predicted molar refractivity (Wildman–Crippen MR) is 156 cm³/mol. The van der Waals surface area contributed by atoms with Crippen molar-refractivity contribution in [2.45, 2.75) is 49.4 Å². The summed E-state index contributed by atoms with van der Waals surface area (Å²) in [5.41, 5.74) is 4.88. The molecule has 0 spiro atoms. The van der Waals surface area contributed by atoms with E-state index in [2.05, 4.69) is 53.8 Å². The highest BCUT2D eigenvalue weighted by Crippen LogP contribution is 2.28. The third-order valence-corrected chi connectivity index (χ3v) is 8.23. The van der Waals surface area contributed by atoms with Crippen LogP contribution in [0.25, 0.3) is 0 Å². The first-order valence-corrected chi connectivity index (χ1v) is 14.0. The molecular weight excluding hydrogens is 490 g/mol. The molecule has 1 amide bonds. The van der Waals surface area contributed by atoms with Crippen LogP contribution in [0.1, 0.15) is 53.6 Å². The zero-order valence-electron chi connectivity index (χ0n) is 22.3. The molecule has 38 heavy (non-hydrogen) atoms. The molecular formula is C32H35N3O2S. The predicted octanol–water partition coefficient (Wildman–Crippen LogP) is 5.89. The number of rotatable bonds is 11. The molecule has 0 bridgehead atoms. The van der Waals surface area contributed by atoms with Gasteiger partial charge in [-0.25, -0.2) is 4.98 Å². The van der Waals surface area contributed by atoms with Crippen LogP contribution in [0.4, 0.5) is 0 Å². The summed E-state index contributed by atoms with van der Waals surface area (Å²) in [6.45, 7) is 4.42. The molecule has 3 aromatic carbocycles. The van der Waals surface area contributed by atoms with Crippen molar-refractivity contribution in [3.05, 3.63) is 129 Å². The molecule has 0 aliphatic rings. The number of hydrogen-bond acceptors (Lipinski definition) is 4. The Morgan fingerprint density at radius 3 is 2.03 bits per heavy atom. The molecule has 0 aliphatic heterocycles. The van der Waals surface area contributed by atoms with Gasteiger partial charge in [0.05, 0.1) is 5.25 Å². The first-order valence-electron chi connectivity index (χ1n) is 13.1. The van der Waals surface area contributed by atoms with E-state index in [0.29, 0.717) is 35.8 Å². The molecule has 6 heteroatoms. The molecule has 4 aromatic rings. The lowest BCUT2D eigenvalue weighted by Crippen LogP contribution is -2.34. The van der Waals surface area contributed by atoms with Gasteiger partial charge >= 0.3 is 0 Å². The van der Waals surface area contributed by atoms with E-state index >= 15 is 0 Å². The summed E-state index contributed by atoms with van der Waals surface area (Å²) < 4.78 is 1.58. The smallest absolute Gasteiger partial charge is 0.257 e. The zero-order chi connectivity index (χ0) is 26.9. The Morgan fingerprint density at radius 2 is 1.47 bits per heavy atom. The van der Waals surface area contributed by atoms with Gasteiger partial charge in [0.1, 0.15) is 0 Å². The molecule has 0 saturated heterocycles. The number of hydrogen-bond donors (Lipinski definition) is 1. The van der Waals surface area contributed by atoms with Gasteiger partial charge < -0.3 is 5.32 Å². The fourth-order valence-electron chi connectivity index (χ4n) is 4.64. The van der Waals surface area contributed by atoms with E-state index in [1.807, 2.05) is 56.3 Å². The van der Waals surface area contributed by atoms with Gasteiger partial charge in [-0.3, -0.25) is 14.2 Å².